The minimum atomic E-state index is -0.102. The zero-order valence-corrected chi connectivity index (χ0v) is 9.34. The van der Waals surface area contributed by atoms with Crippen LogP contribution < -0.4 is 0 Å². The van der Waals surface area contributed by atoms with E-state index in [0.717, 1.165) is 5.56 Å². The minimum Gasteiger partial charge on any atom is -0.505 e. The Morgan fingerprint density at radius 2 is 1.79 bits per heavy atom. The SMILES string of the molecule is CN(C)N=Cc1cc(Cl)c(O)c(Cl)c1. The summed E-state index contributed by atoms with van der Waals surface area (Å²) in [5.41, 5.74) is 0.742. The summed E-state index contributed by atoms with van der Waals surface area (Å²) in [6, 6.07) is 3.19. The van der Waals surface area contributed by atoms with E-state index in [-0.39, 0.29) is 15.8 Å². The van der Waals surface area contributed by atoms with E-state index in [1.54, 1.807) is 37.5 Å². The summed E-state index contributed by atoms with van der Waals surface area (Å²) >= 11 is 11.4. The van der Waals surface area contributed by atoms with E-state index >= 15 is 0 Å². The van der Waals surface area contributed by atoms with Crippen molar-refractivity contribution in [3.63, 3.8) is 0 Å². The number of hydrogen-bond donors (Lipinski definition) is 1. The van der Waals surface area contributed by atoms with Crippen LogP contribution >= 0.6 is 23.2 Å². The fraction of sp³-hybridized carbons (Fsp3) is 0.222. The lowest BCUT2D eigenvalue weighted by atomic mass is 10.2. The summed E-state index contributed by atoms with van der Waals surface area (Å²) in [5.74, 6) is -0.102. The van der Waals surface area contributed by atoms with Crippen molar-refractivity contribution in [3.8, 4) is 5.75 Å². The summed E-state index contributed by atoms with van der Waals surface area (Å²) in [6.45, 7) is 0. The van der Waals surface area contributed by atoms with Crippen LogP contribution in [0.5, 0.6) is 5.75 Å². The third-order valence-electron chi connectivity index (χ3n) is 1.48. The Labute approximate surface area is 92.6 Å². The molecule has 0 radical (unpaired) electrons. The highest BCUT2D eigenvalue weighted by Crippen LogP contribution is 2.32. The molecule has 1 aromatic carbocycles. The fourth-order valence-electron chi connectivity index (χ4n) is 0.842. The summed E-state index contributed by atoms with van der Waals surface area (Å²) in [4.78, 5) is 0. The molecule has 1 N–H and O–H groups in total. The lowest BCUT2D eigenvalue weighted by Crippen LogP contribution is -2.01. The molecular formula is C9H10Cl2N2O. The van der Waals surface area contributed by atoms with Crippen molar-refractivity contribution in [2.75, 3.05) is 14.1 Å². The maximum absolute atomic E-state index is 9.29. The molecule has 0 heterocycles. The second-order valence-corrected chi connectivity index (χ2v) is 3.74. The van der Waals surface area contributed by atoms with Crippen molar-refractivity contribution in [2.24, 2.45) is 5.10 Å². The van der Waals surface area contributed by atoms with Gasteiger partial charge in [0.15, 0.2) is 5.75 Å². The van der Waals surface area contributed by atoms with Gasteiger partial charge in [0.05, 0.1) is 16.3 Å². The molecule has 5 heteroatoms. The van der Waals surface area contributed by atoms with E-state index < -0.39 is 0 Å². The topological polar surface area (TPSA) is 35.8 Å². The molecule has 0 fully saturated rings. The highest BCUT2D eigenvalue weighted by Gasteiger charge is 2.04. The van der Waals surface area contributed by atoms with Crippen molar-refractivity contribution in [1.82, 2.24) is 5.01 Å². The normalized spacial score (nSPS) is 10.9. The smallest absolute Gasteiger partial charge is 0.152 e. The van der Waals surface area contributed by atoms with E-state index in [4.69, 9.17) is 23.2 Å². The second kappa shape index (κ2) is 4.53. The van der Waals surface area contributed by atoms with Gasteiger partial charge < -0.3 is 10.1 Å². The largest absolute Gasteiger partial charge is 0.505 e. The summed E-state index contributed by atoms with van der Waals surface area (Å²) < 4.78 is 0. The standard InChI is InChI=1S/C9H10Cl2N2O/c1-13(2)12-5-6-3-7(10)9(14)8(11)4-6/h3-5,14H,1-2H3. The Balaban J connectivity index is 3.01. The first-order chi connectivity index (χ1) is 6.50. The van der Waals surface area contributed by atoms with Gasteiger partial charge in [0, 0.05) is 14.1 Å². The molecular weight excluding hydrogens is 223 g/mol. The van der Waals surface area contributed by atoms with Crippen molar-refractivity contribution in [3.05, 3.63) is 27.7 Å². The molecule has 0 bridgehead atoms. The third-order valence-corrected chi connectivity index (χ3v) is 2.05. The zero-order valence-electron chi connectivity index (χ0n) is 7.83. The van der Waals surface area contributed by atoms with E-state index in [1.807, 2.05) is 0 Å². The van der Waals surface area contributed by atoms with E-state index in [1.165, 1.54) is 0 Å². The molecule has 0 spiro atoms. The summed E-state index contributed by atoms with van der Waals surface area (Å²) in [5, 5.41) is 15.4. The van der Waals surface area contributed by atoms with Crippen LogP contribution in [0.15, 0.2) is 17.2 Å². The Morgan fingerprint density at radius 1 is 1.29 bits per heavy atom. The van der Waals surface area contributed by atoms with Crippen LogP contribution in [0, 0.1) is 0 Å². The van der Waals surface area contributed by atoms with Gasteiger partial charge >= 0.3 is 0 Å². The van der Waals surface area contributed by atoms with Gasteiger partial charge in [-0.3, -0.25) is 0 Å². The average Bonchev–Trinajstić information content (AvgIpc) is 2.10. The zero-order chi connectivity index (χ0) is 10.7. The van der Waals surface area contributed by atoms with Crippen molar-refractivity contribution in [2.45, 2.75) is 0 Å². The second-order valence-electron chi connectivity index (χ2n) is 2.92. The number of hydrogen-bond acceptors (Lipinski definition) is 3. The molecule has 0 aliphatic heterocycles. The molecule has 0 aliphatic carbocycles. The van der Waals surface area contributed by atoms with Gasteiger partial charge in [-0.1, -0.05) is 23.2 Å². The molecule has 0 saturated carbocycles. The van der Waals surface area contributed by atoms with Crippen LogP contribution in [0.25, 0.3) is 0 Å². The monoisotopic (exact) mass is 232 g/mol. The average molecular weight is 233 g/mol. The highest BCUT2D eigenvalue weighted by atomic mass is 35.5. The lowest BCUT2D eigenvalue weighted by molar-refractivity contribution is 0.440. The molecule has 0 saturated heterocycles. The minimum absolute atomic E-state index is 0.102. The number of aromatic hydroxyl groups is 1. The lowest BCUT2D eigenvalue weighted by Gasteiger charge is -2.04. The number of hydrazone groups is 1. The number of halogens is 2. The van der Waals surface area contributed by atoms with E-state index in [2.05, 4.69) is 5.10 Å². The Bertz CT molecular complexity index is 341. The molecule has 0 aromatic heterocycles. The first-order valence-electron chi connectivity index (χ1n) is 3.90. The van der Waals surface area contributed by atoms with Gasteiger partial charge in [-0.05, 0) is 17.7 Å². The van der Waals surface area contributed by atoms with E-state index in [9.17, 15) is 5.11 Å². The molecule has 0 aliphatic rings. The van der Waals surface area contributed by atoms with Crippen molar-refractivity contribution >= 4 is 29.4 Å². The van der Waals surface area contributed by atoms with Gasteiger partial charge in [-0.15, -0.1) is 0 Å². The first-order valence-corrected chi connectivity index (χ1v) is 4.65. The van der Waals surface area contributed by atoms with Crippen molar-refractivity contribution < 1.29 is 5.11 Å². The predicted octanol–water partition coefficient (Wildman–Crippen LogP) is 2.59. The molecule has 1 rings (SSSR count). The molecule has 0 atom stereocenters. The number of rotatable bonds is 2. The highest BCUT2D eigenvalue weighted by molar-refractivity contribution is 6.37. The number of phenols is 1. The maximum Gasteiger partial charge on any atom is 0.152 e. The fourth-order valence-corrected chi connectivity index (χ4v) is 1.35. The van der Waals surface area contributed by atoms with Crippen LogP contribution in [0.4, 0.5) is 0 Å². The molecule has 3 nitrogen and oxygen atoms in total. The van der Waals surface area contributed by atoms with Crippen LogP contribution in [0.2, 0.25) is 10.0 Å². The molecule has 76 valence electrons. The molecule has 0 unspecified atom stereocenters. The molecule has 14 heavy (non-hydrogen) atoms. The Kier molecular flexibility index (Phi) is 3.61. The molecule has 1 aromatic rings. The number of phenolic OH excluding ortho intramolecular Hbond substituents is 1. The third kappa shape index (κ3) is 2.79. The van der Waals surface area contributed by atoms with Crippen LogP contribution in [0.1, 0.15) is 5.56 Å². The summed E-state index contributed by atoms with van der Waals surface area (Å²) in [6.07, 6.45) is 1.61. The Morgan fingerprint density at radius 3 is 2.21 bits per heavy atom. The predicted molar refractivity (Wildman–Crippen MR) is 59.4 cm³/mol. The van der Waals surface area contributed by atoms with Crippen LogP contribution in [-0.4, -0.2) is 30.4 Å². The Hall–Kier alpha value is -0.930. The van der Waals surface area contributed by atoms with Gasteiger partial charge in [-0.25, -0.2) is 0 Å². The summed E-state index contributed by atoms with van der Waals surface area (Å²) in [7, 11) is 3.61. The quantitative estimate of drug-likeness (QED) is 0.629. The van der Waals surface area contributed by atoms with Gasteiger partial charge in [0.2, 0.25) is 0 Å². The number of benzene rings is 1. The van der Waals surface area contributed by atoms with Gasteiger partial charge in [0.1, 0.15) is 0 Å². The number of nitrogens with zero attached hydrogens (tertiary/aromatic N) is 2. The van der Waals surface area contributed by atoms with E-state index in [0.29, 0.717) is 0 Å². The molecule has 0 amide bonds. The van der Waals surface area contributed by atoms with Crippen molar-refractivity contribution in [1.29, 1.82) is 0 Å². The van der Waals surface area contributed by atoms with Gasteiger partial charge in [0.25, 0.3) is 0 Å². The maximum atomic E-state index is 9.29. The van der Waals surface area contributed by atoms with Gasteiger partial charge in [-0.2, -0.15) is 5.10 Å². The van der Waals surface area contributed by atoms with Crippen LogP contribution in [-0.2, 0) is 0 Å². The van der Waals surface area contributed by atoms with Crippen LogP contribution in [0.3, 0.4) is 0 Å². The first kappa shape index (κ1) is 11.1.